The number of benzene rings is 1. The number of pyridine rings is 1. The third-order valence-electron chi connectivity index (χ3n) is 2.99. The van der Waals surface area contributed by atoms with Gasteiger partial charge in [0.05, 0.1) is 16.4 Å². The van der Waals surface area contributed by atoms with Gasteiger partial charge in [-0.3, -0.25) is 4.98 Å². The molecule has 3 rings (SSSR count). The van der Waals surface area contributed by atoms with Crippen LogP contribution in [0.1, 0.15) is 11.1 Å². The number of hydrogen-bond donors (Lipinski definition) is 0. The molecule has 2 aliphatic heterocycles. The minimum Gasteiger partial charge on any atom is -0.340 e. The first kappa shape index (κ1) is 11.3. The van der Waals surface area contributed by atoms with E-state index in [1.807, 2.05) is 18.2 Å². The van der Waals surface area contributed by atoms with Crippen LogP contribution in [0, 0.1) is 6.92 Å². The molecule has 2 heterocycles. The number of rotatable bonds is 2. The highest BCUT2D eigenvalue weighted by molar-refractivity contribution is 6.33. The lowest BCUT2D eigenvalue weighted by molar-refractivity contribution is 0.794. The minimum atomic E-state index is 0.709. The van der Waals surface area contributed by atoms with E-state index in [9.17, 15) is 0 Å². The summed E-state index contributed by atoms with van der Waals surface area (Å²) < 4.78 is 2.16. The minimum absolute atomic E-state index is 0.709. The molecular weight excluding hydrogens is 244 g/mol. The zero-order valence-electron chi connectivity index (χ0n) is 10.1. The van der Waals surface area contributed by atoms with Gasteiger partial charge in [-0.2, -0.15) is 0 Å². The number of hydrogen-bond acceptors (Lipinski definition) is 1. The smallest absolute Gasteiger partial charge is 0.0886 e. The summed E-state index contributed by atoms with van der Waals surface area (Å²) in [6, 6.07) is 12.4. The van der Waals surface area contributed by atoms with Crippen LogP contribution in [-0.2, 0) is 6.54 Å². The van der Waals surface area contributed by atoms with E-state index < -0.39 is 0 Å². The zero-order valence-corrected chi connectivity index (χ0v) is 10.9. The van der Waals surface area contributed by atoms with E-state index >= 15 is 0 Å². The molecule has 90 valence electrons. The first-order chi connectivity index (χ1) is 8.74. The van der Waals surface area contributed by atoms with Crippen molar-refractivity contribution in [1.29, 1.82) is 0 Å². The topological polar surface area (TPSA) is 17.8 Å². The summed E-state index contributed by atoms with van der Waals surface area (Å²) in [7, 11) is 0. The highest BCUT2D eigenvalue weighted by Gasteiger charge is 2.14. The van der Waals surface area contributed by atoms with Gasteiger partial charge in [0.15, 0.2) is 0 Å². The summed E-state index contributed by atoms with van der Waals surface area (Å²) in [6.07, 6.45) is 3.83. The van der Waals surface area contributed by atoms with Crippen molar-refractivity contribution < 1.29 is 0 Å². The quantitative estimate of drug-likeness (QED) is 0.678. The highest BCUT2D eigenvalue weighted by Crippen LogP contribution is 2.30. The van der Waals surface area contributed by atoms with E-state index in [1.54, 1.807) is 6.20 Å². The van der Waals surface area contributed by atoms with E-state index in [4.69, 9.17) is 11.6 Å². The average molecular weight is 257 g/mol. The molecule has 0 radical (unpaired) electrons. The molecule has 0 aliphatic carbocycles. The third-order valence-corrected chi connectivity index (χ3v) is 3.27. The van der Waals surface area contributed by atoms with Gasteiger partial charge < -0.3 is 4.57 Å². The molecule has 0 saturated carbocycles. The lowest BCUT2D eigenvalue weighted by Gasteiger charge is -2.14. The molecular formula is C15H13ClN2. The van der Waals surface area contributed by atoms with Gasteiger partial charge in [0.1, 0.15) is 0 Å². The summed E-state index contributed by atoms with van der Waals surface area (Å²) in [5.41, 5.74) is 4.40. The second kappa shape index (κ2) is 4.46. The number of fused-ring (bicyclic) bond motifs is 1. The second-order valence-electron chi connectivity index (χ2n) is 4.47. The predicted octanol–water partition coefficient (Wildman–Crippen LogP) is 4.00. The molecule has 3 heteroatoms. The monoisotopic (exact) mass is 256 g/mol. The van der Waals surface area contributed by atoms with Crippen molar-refractivity contribution in [3.63, 3.8) is 0 Å². The normalized spacial score (nSPS) is 11.0. The Balaban J connectivity index is 2.09. The molecule has 1 aromatic rings. The van der Waals surface area contributed by atoms with Crippen molar-refractivity contribution in [2.45, 2.75) is 13.5 Å². The fourth-order valence-electron chi connectivity index (χ4n) is 2.23. The summed E-state index contributed by atoms with van der Waals surface area (Å²) in [4.78, 5) is 4.33. The summed E-state index contributed by atoms with van der Waals surface area (Å²) >= 11 is 6.21. The maximum Gasteiger partial charge on any atom is 0.0886 e. The largest absolute Gasteiger partial charge is 0.340 e. The van der Waals surface area contributed by atoms with E-state index in [0.29, 0.717) is 5.02 Å². The molecule has 18 heavy (non-hydrogen) atoms. The van der Waals surface area contributed by atoms with Crippen LogP contribution in [0.3, 0.4) is 0 Å². The summed E-state index contributed by atoms with van der Waals surface area (Å²) in [5, 5.41) is 0.709. The first-order valence-corrected chi connectivity index (χ1v) is 6.27. The Morgan fingerprint density at radius 2 is 2.00 bits per heavy atom. The van der Waals surface area contributed by atoms with Crippen LogP contribution in [0.15, 0.2) is 48.8 Å². The summed E-state index contributed by atoms with van der Waals surface area (Å²) in [5.74, 6) is 0. The van der Waals surface area contributed by atoms with Gasteiger partial charge in [0, 0.05) is 18.9 Å². The van der Waals surface area contributed by atoms with Crippen molar-refractivity contribution in [2.24, 2.45) is 0 Å². The van der Waals surface area contributed by atoms with Crippen LogP contribution in [0.4, 0.5) is 0 Å². The Bertz CT molecular complexity index is 643. The lowest BCUT2D eigenvalue weighted by atomic mass is 10.1. The van der Waals surface area contributed by atoms with Gasteiger partial charge in [-0.05, 0) is 24.1 Å². The van der Waals surface area contributed by atoms with Gasteiger partial charge in [-0.1, -0.05) is 41.9 Å². The van der Waals surface area contributed by atoms with Crippen LogP contribution >= 0.6 is 11.6 Å². The third kappa shape index (κ3) is 2.00. The number of aromatic nitrogens is 2. The Morgan fingerprint density at radius 1 is 1.22 bits per heavy atom. The van der Waals surface area contributed by atoms with Gasteiger partial charge in [0.25, 0.3) is 0 Å². The van der Waals surface area contributed by atoms with E-state index in [0.717, 1.165) is 17.9 Å². The lowest BCUT2D eigenvalue weighted by Crippen LogP contribution is -2.05. The first-order valence-electron chi connectivity index (χ1n) is 5.89. The van der Waals surface area contributed by atoms with Gasteiger partial charge in [-0.15, -0.1) is 0 Å². The SMILES string of the molecule is Cc1cc2ncc(Cl)c-2n(Cc2ccccc2)c1. The molecule has 0 amide bonds. The van der Waals surface area contributed by atoms with Crippen LogP contribution in [-0.4, -0.2) is 9.55 Å². The molecule has 0 aromatic heterocycles. The summed E-state index contributed by atoms with van der Waals surface area (Å²) in [6.45, 7) is 2.88. The molecule has 2 aliphatic rings. The van der Waals surface area contributed by atoms with Crippen molar-refractivity contribution in [1.82, 2.24) is 9.55 Å². The molecule has 0 unspecified atom stereocenters. The van der Waals surface area contributed by atoms with Gasteiger partial charge in [0.2, 0.25) is 0 Å². The fourth-order valence-corrected chi connectivity index (χ4v) is 2.48. The molecule has 0 spiro atoms. The molecule has 2 nitrogen and oxygen atoms in total. The van der Waals surface area contributed by atoms with Crippen LogP contribution in [0.25, 0.3) is 11.4 Å². The predicted molar refractivity (Wildman–Crippen MR) is 74.1 cm³/mol. The van der Waals surface area contributed by atoms with Crippen LogP contribution in [0.5, 0.6) is 0 Å². The molecule has 0 fully saturated rings. The fraction of sp³-hybridized carbons (Fsp3) is 0.133. The van der Waals surface area contributed by atoms with Gasteiger partial charge in [-0.25, -0.2) is 0 Å². The average Bonchev–Trinajstić information content (AvgIpc) is 2.72. The molecule has 0 atom stereocenters. The van der Waals surface area contributed by atoms with Crippen molar-refractivity contribution in [3.05, 3.63) is 64.9 Å². The number of nitrogens with zero attached hydrogens (tertiary/aromatic N) is 2. The van der Waals surface area contributed by atoms with Crippen LogP contribution < -0.4 is 0 Å². The Hall–Kier alpha value is -1.80. The maximum atomic E-state index is 6.21. The second-order valence-corrected chi connectivity index (χ2v) is 4.88. The van der Waals surface area contributed by atoms with E-state index in [-0.39, 0.29) is 0 Å². The highest BCUT2D eigenvalue weighted by atomic mass is 35.5. The Labute approximate surface area is 111 Å². The van der Waals surface area contributed by atoms with Gasteiger partial charge >= 0.3 is 0 Å². The molecule has 0 bridgehead atoms. The van der Waals surface area contributed by atoms with Crippen molar-refractivity contribution in [2.75, 3.05) is 0 Å². The molecule has 0 N–H and O–H groups in total. The van der Waals surface area contributed by atoms with E-state index in [2.05, 4.69) is 40.9 Å². The van der Waals surface area contributed by atoms with Crippen LogP contribution in [0.2, 0.25) is 5.02 Å². The number of aryl methyl sites for hydroxylation is 1. The van der Waals surface area contributed by atoms with Crippen molar-refractivity contribution in [3.8, 4) is 11.4 Å². The Kier molecular flexibility index (Phi) is 2.80. The molecule has 1 aromatic carbocycles. The zero-order chi connectivity index (χ0) is 12.5. The standard InChI is InChI=1S/C15H13ClN2/c1-11-7-14-15(13(16)8-17-14)18(9-11)10-12-5-3-2-4-6-12/h2-9H,10H2,1H3. The Morgan fingerprint density at radius 3 is 2.78 bits per heavy atom. The maximum absolute atomic E-state index is 6.21. The molecule has 0 saturated heterocycles. The number of halogens is 1. The van der Waals surface area contributed by atoms with E-state index in [1.165, 1.54) is 11.1 Å². The van der Waals surface area contributed by atoms with Crippen molar-refractivity contribution >= 4 is 11.6 Å².